The third-order valence-corrected chi connectivity index (χ3v) is 3.88. The lowest BCUT2D eigenvalue weighted by atomic mass is 10.0. The smallest absolute Gasteiger partial charge is 0.248 e. The fourth-order valence-electron chi connectivity index (χ4n) is 2.62. The Labute approximate surface area is 142 Å². The second kappa shape index (κ2) is 7.29. The Kier molecular flexibility index (Phi) is 5.39. The summed E-state index contributed by atoms with van der Waals surface area (Å²) in [6.07, 6.45) is 0. The first-order valence-corrected chi connectivity index (χ1v) is 7.98. The van der Waals surface area contributed by atoms with Gasteiger partial charge in [0.05, 0.1) is 5.69 Å². The van der Waals surface area contributed by atoms with Gasteiger partial charge in [0.1, 0.15) is 11.9 Å². The Morgan fingerprint density at radius 1 is 1.17 bits per heavy atom. The monoisotopic (exact) mass is 328 g/mol. The summed E-state index contributed by atoms with van der Waals surface area (Å²) in [6.45, 7) is 7.12. The van der Waals surface area contributed by atoms with Crippen LogP contribution in [0, 0.1) is 12.8 Å². The second-order valence-electron chi connectivity index (χ2n) is 6.22. The number of amides is 2. The van der Waals surface area contributed by atoms with Crippen LogP contribution in [0.5, 0.6) is 0 Å². The summed E-state index contributed by atoms with van der Waals surface area (Å²) in [5.74, 6) is 0.146. The molecule has 2 amide bonds. The quantitative estimate of drug-likeness (QED) is 0.885. The van der Waals surface area contributed by atoms with Crippen LogP contribution >= 0.6 is 0 Å². The van der Waals surface area contributed by atoms with E-state index in [0.717, 1.165) is 16.8 Å². The highest BCUT2D eigenvalue weighted by atomic mass is 16.2. The highest BCUT2D eigenvalue weighted by Gasteiger charge is 2.25. The van der Waals surface area contributed by atoms with E-state index in [1.165, 1.54) is 6.92 Å². The van der Waals surface area contributed by atoms with Crippen molar-refractivity contribution in [3.63, 3.8) is 0 Å². The lowest BCUT2D eigenvalue weighted by molar-refractivity contribution is -0.126. The van der Waals surface area contributed by atoms with E-state index in [9.17, 15) is 9.59 Å². The number of rotatable bonds is 5. The number of aryl methyl sites for hydroxylation is 1. The van der Waals surface area contributed by atoms with Gasteiger partial charge in [0.2, 0.25) is 11.8 Å². The first-order chi connectivity index (χ1) is 11.3. The van der Waals surface area contributed by atoms with Gasteiger partial charge in [-0.25, -0.2) is 0 Å². The van der Waals surface area contributed by atoms with Crippen LogP contribution in [-0.2, 0) is 16.6 Å². The molecule has 2 rings (SSSR count). The van der Waals surface area contributed by atoms with Crippen molar-refractivity contribution in [3.05, 3.63) is 35.9 Å². The summed E-state index contributed by atoms with van der Waals surface area (Å²) >= 11 is 0. The van der Waals surface area contributed by atoms with Crippen molar-refractivity contribution in [2.45, 2.75) is 33.7 Å². The first kappa shape index (κ1) is 17.7. The van der Waals surface area contributed by atoms with Gasteiger partial charge in [-0.3, -0.25) is 14.3 Å². The average molecular weight is 328 g/mol. The van der Waals surface area contributed by atoms with Gasteiger partial charge in [0.25, 0.3) is 0 Å². The molecule has 0 aliphatic carbocycles. The van der Waals surface area contributed by atoms with Gasteiger partial charge in [-0.1, -0.05) is 44.2 Å². The van der Waals surface area contributed by atoms with Gasteiger partial charge in [-0.05, 0) is 12.8 Å². The van der Waals surface area contributed by atoms with E-state index in [0.29, 0.717) is 5.82 Å². The summed E-state index contributed by atoms with van der Waals surface area (Å²) < 4.78 is 1.65. The zero-order chi connectivity index (χ0) is 17.9. The van der Waals surface area contributed by atoms with Crippen molar-refractivity contribution < 1.29 is 9.59 Å². The number of hydrogen-bond acceptors (Lipinski definition) is 3. The topological polar surface area (TPSA) is 76.0 Å². The van der Waals surface area contributed by atoms with E-state index >= 15 is 0 Å². The van der Waals surface area contributed by atoms with Crippen molar-refractivity contribution in [2.75, 3.05) is 5.32 Å². The number of nitrogens with one attached hydrogen (secondary N) is 2. The van der Waals surface area contributed by atoms with Crippen molar-refractivity contribution >= 4 is 17.6 Å². The van der Waals surface area contributed by atoms with Gasteiger partial charge in [0, 0.05) is 25.1 Å². The Morgan fingerprint density at radius 2 is 1.79 bits per heavy atom. The molecule has 0 fully saturated rings. The molecule has 0 spiro atoms. The van der Waals surface area contributed by atoms with E-state index in [4.69, 9.17) is 0 Å². The minimum absolute atomic E-state index is 0.0176. The standard InChI is InChI=1S/C18H24N4O2/c1-11(2)15(19-13(4)23)18(24)20-17-12(3)16(21-22(17)5)14-9-7-6-8-10-14/h6-11,15H,1-5H3,(H,19,23)(H,20,24). The van der Waals surface area contributed by atoms with E-state index in [2.05, 4.69) is 15.7 Å². The summed E-state index contributed by atoms with van der Waals surface area (Å²) in [6, 6.07) is 9.23. The summed E-state index contributed by atoms with van der Waals surface area (Å²) in [5, 5.41) is 10.1. The predicted octanol–water partition coefficient (Wildman–Crippen LogP) is 2.49. The molecule has 6 heteroatoms. The molecule has 0 saturated carbocycles. The Bertz CT molecular complexity index is 735. The molecule has 1 atom stereocenters. The SMILES string of the molecule is CC(=O)NC(C(=O)Nc1c(C)c(-c2ccccc2)nn1C)C(C)C. The first-order valence-electron chi connectivity index (χ1n) is 7.98. The molecule has 6 nitrogen and oxygen atoms in total. The maximum Gasteiger partial charge on any atom is 0.248 e. The van der Waals surface area contributed by atoms with E-state index in [-0.39, 0.29) is 17.7 Å². The summed E-state index contributed by atoms with van der Waals surface area (Å²) in [4.78, 5) is 23.9. The van der Waals surface area contributed by atoms with E-state index in [1.54, 1.807) is 11.7 Å². The molecule has 0 aliphatic rings. The number of anilines is 1. The minimum Gasteiger partial charge on any atom is -0.344 e. The molecule has 0 radical (unpaired) electrons. The summed E-state index contributed by atoms with van der Waals surface area (Å²) in [5.41, 5.74) is 2.71. The van der Waals surface area contributed by atoms with Crippen molar-refractivity contribution in [1.82, 2.24) is 15.1 Å². The number of benzene rings is 1. The zero-order valence-electron chi connectivity index (χ0n) is 14.8. The molecule has 0 aliphatic heterocycles. The van der Waals surface area contributed by atoms with Crippen molar-refractivity contribution in [3.8, 4) is 11.3 Å². The van der Waals surface area contributed by atoms with Gasteiger partial charge < -0.3 is 10.6 Å². The lowest BCUT2D eigenvalue weighted by Gasteiger charge is -2.21. The number of aromatic nitrogens is 2. The predicted molar refractivity (Wildman–Crippen MR) is 94.5 cm³/mol. The average Bonchev–Trinajstić information content (AvgIpc) is 2.81. The third-order valence-electron chi connectivity index (χ3n) is 3.88. The van der Waals surface area contributed by atoms with Gasteiger partial charge in [-0.15, -0.1) is 0 Å². The summed E-state index contributed by atoms with van der Waals surface area (Å²) in [7, 11) is 1.79. The molecule has 1 unspecified atom stereocenters. The number of carbonyl (C=O) groups is 2. The van der Waals surface area contributed by atoms with Gasteiger partial charge >= 0.3 is 0 Å². The highest BCUT2D eigenvalue weighted by molar-refractivity contribution is 5.97. The van der Waals surface area contributed by atoms with E-state index in [1.807, 2.05) is 51.1 Å². The molecule has 128 valence electrons. The molecule has 0 saturated heterocycles. The molecule has 1 heterocycles. The molecule has 24 heavy (non-hydrogen) atoms. The Balaban J connectivity index is 2.28. The lowest BCUT2D eigenvalue weighted by Crippen LogP contribution is -2.46. The van der Waals surface area contributed by atoms with Crippen LogP contribution in [0.1, 0.15) is 26.3 Å². The molecule has 2 aromatic rings. The van der Waals surface area contributed by atoms with Crippen molar-refractivity contribution in [2.24, 2.45) is 13.0 Å². The molecular formula is C18H24N4O2. The fraction of sp³-hybridized carbons (Fsp3) is 0.389. The Hall–Kier alpha value is -2.63. The largest absolute Gasteiger partial charge is 0.344 e. The van der Waals surface area contributed by atoms with Crippen molar-refractivity contribution in [1.29, 1.82) is 0 Å². The molecule has 1 aromatic heterocycles. The molecular weight excluding hydrogens is 304 g/mol. The second-order valence-corrected chi connectivity index (χ2v) is 6.22. The molecule has 1 aromatic carbocycles. The zero-order valence-corrected chi connectivity index (χ0v) is 14.8. The van der Waals surface area contributed by atoms with E-state index < -0.39 is 6.04 Å². The van der Waals surface area contributed by atoms with Crippen LogP contribution < -0.4 is 10.6 Å². The van der Waals surface area contributed by atoms with Crippen LogP contribution in [-0.4, -0.2) is 27.6 Å². The van der Waals surface area contributed by atoms with Crippen LogP contribution in [0.2, 0.25) is 0 Å². The minimum atomic E-state index is -0.586. The third kappa shape index (κ3) is 3.82. The van der Waals surface area contributed by atoms with Crippen LogP contribution in [0.15, 0.2) is 30.3 Å². The van der Waals surface area contributed by atoms with Crippen LogP contribution in [0.25, 0.3) is 11.3 Å². The van der Waals surface area contributed by atoms with Crippen LogP contribution in [0.3, 0.4) is 0 Å². The molecule has 0 bridgehead atoms. The highest BCUT2D eigenvalue weighted by Crippen LogP contribution is 2.27. The fourth-order valence-corrected chi connectivity index (χ4v) is 2.62. The van der Waals surface area contributed by atoms with Gasteiger partial charge in [0.15, 0.2) is 0 Å². The van der Waals surface area contributed by atoms with Gasteiger partial charge in [-0.2, -0.15) is 5.10 Å². The van der Waals surface area contributed by atoms with Crippen LogP contribution in [0.4, 0.5) is 5.82 Å². The maximum atomic E-state index is 12.6. The Morgan fingerprint density at radius 3 is 2.33 bits per heavy atom. The number of nitrogens with zero attached hydrogens (tertiary/aromatic N) is 2. The normalized spacial score (nSPS) is 12.1. The molecule has 2 N–H and O–H groups in total. The number of hydrogen-bond donors (Lipinski definition) is 2. The maximum absolute atomic E-state index is 12.6. The number of carbonyl (C=O) groups excluding carboxylic acids is 2.